The van der Waals surface area contributed by atoms with Crippen molar-refractivity contribution >= 4 is 11.6 Å². The summed E-state index contributed by atoms with van der Waals surface area (Å²) in [6.45, 7) is 3.04. The van der Waals surface area contributed by atoms with Crippen LogP contribution in [0.2, 0.25) is 5.02 Å². The summed E-state index contributed by atoms with van der Waals surface area (Å²) in [6.07, 6.45) is 2.70. The first-order valence-electron chi connectivity index (χ1n) is 6.29. The Balaban J connectivity index is 2.05. The summed E-state index contributed by atoms with van der Waals surface area (Å²) < 4.78 is 10.5. The van der Waals surface area contributed by atoms with Gasteiger partial charge in [0.2, 0.25) is 0 Å². The Morgan fingerprint density at radius 1 is 1.33 bits per heavy atom. The van der Waals surface area contributed by atoms with E-state index in [4.69, 9.17) is 21.1 Å². The molecule has 0 spiro atoms. The van der Waals surface area contributed by atoms with Crippen LogP contribution in [-0.4, -0.2) is 20.3 Å². The van der Waals surface area contributed by atoms with Crippen molar-refractivity contribution in [1.29, 1.82) is 0 Å². The molecule has 1 aromatic rings. The first kappa shape index (κ1) is 13.5. The fourth-order valence-electron chi connectivity index (χ4n) is 2.12. The first-order chi connectivity index (χ1) is 8.65. The summed E-state index contributed by atoms with van der Waals surface area (Å²) in [5.41, 5.74) is 1.12. The highest BCUT2D eigenvalue weighted by atomic mass is 35.5. The normalized spacial score (nSPS) is 16.4. The van der Waals surface area contributed by atoms with E-state index in [1.54, 1.807) is 14.2 Å². The highest BCUT2D eigenvalue weighted by molar-refractivity contribution is 6.32. The lowest BCUT2D eigenvalue weighted by atomic mass is 10.1. The zero-order valence-corrected chi connectivity index (χ0v) is 11.9. The molecule has 1 aromatic carbocycles. The van der Waals surface area contributed by atoms with Crippen molar-refractivity contribution in [2.24, 2.45) is 5.92 Å². The highest BCUT2D eigenvalue weighted by Crippen LogP contribution is 2.36. The standard InChI is InChI=1S/C14H20ClNO2/c1-9(11-4-5-11)16-8-10-6-12(15)14(18-3)13(7-10)17-2/h6-7,9,11,16H,4-5,8H2,1-3H3. The van der Waals surface area contributed by atoms with Crippen LogP contribution in [0.15, 0.2) is 12.1 Å². The summed E-state index contributed by atoms with van der Waals surface area (Å²) >= 11 is 6.17. The molecule has 1 atom stereocenters. The molecule has 1 saturated carbocycles. The molecule has 4 heteroatoms. The predicted molar refractivity (Wildman–Crippen MR) is 73.6 cm³/mol. The maximum Gasteiger partial charge on any atom is 0.179 e. The van der Waals surface area contributed by atoms with E-state index in [0.29, 0.717) is 22.6 Å². The summed E-state index contributed by atoms with van der Waals surface area (Å²) in [4.78, 5) is 0. The van der Waals surface area contributed by atoms with Crippen molar-refractivity contribution in [1.82, 2.24) is 5.32 Å². The van der Waals surface area contributed by atoms with Crippen molar-refractivity contribution in [3.63, 3.8) is 0 Å². The maximum absolute atomic E-state index is 6.17. The molecule has 1 aliphatic rings. The third-order valence-electron chi connectivity index (χ3n) is 3.45. The molecule has 0 aliphatic heterocycles. The molecule has 3 nitrogen and oxygen atoms in total. The quantitative estimate of drug-likeness (QED) is 0.860. The molecular formula is C14H20ClNO2. The van der Waals surface area contributed by atoms with E-state index in [0.717, 1.165) is 18.0 Å². The molecule has 0 radical (unpaired) electrons. The average molecular weight is 270 g/mol. The van der Waals surface area contributed by atoms with Gasteiger partial charge in [0, 0.05) is 12.6 Å². The van der Waals surface area contributed by atoms with E-state index in [1.807, 2.05) is 12.1 Å². The second-order valence-electron chi connectivity index (χ2n) is 4.82. The van der Waals surface area contributed by atoms with Crippen molar-refractivity contribution in [3.05, 3.63) is 22.7 Å². The predicted octanol–water partition coefficient (Wildman–Crippen LogP) is 3.25. The topological polar surface area (TPSA) is 30.5 Å². The van der Waals surface area contributed by atoms with Crippen LogP contribution in [0.25, 0.3) is 0 Å². The first-order valence-corrected chi connectivity index (χ1v) is 6.67. The van der Waals surface area contributed by atoms with Crippen molar-refractivity contribution in [2.45, 2.75) is 32.4 Å². The van der Waals surface area contributed by atoms with Gasteiger partial charge in [0.05, 0.1) is 19.2 Å². The van der Waals surface area contributed by atoms with E-state index in [9.17, 15) is 0 Å². The molecule has 1 N–H and O–H groups in total. The zero-order chi connectivity index (χ0) is 13.1. The van der Waals surface area contributed by atoms with Gasteiger partial charge < -0.3 is 14.8 Å². The number of halogens is 1. The summed E-state index contributed by atoms with van der Waals surface area (Å²) in [5, 5.41) is 4.11. The fourth-order valence-corrected chi connectivity index (χ4v) is 2.43. The van der Waals surface area contributed by atoms with Crippen LogP contribution in [0.1, 0.15) is 25.3 Å². The Bertz CT molecular complexity index is 419. The number of rotatable bonds is 6. The molecule has 18 heavy (non-hydrogen) atoms. The Morgan fingerprint density at radius 2 is 2.06 bits per heavy atom. The van der Waals surface area contributed by atoms with Gasteiger partial charge in [-0.1, -0.05) is 11.6 Å². The summed E-state index contributed by atoms with van der Waals surface area (Å²) in [7, 11) is 3.22. The van der Waals surface area contributed by atoms with Crippen LogP contribution in [-0.2, 0) is 6.54 Å². The molecule has 2 rings (SSSR count). The molecule has 0 amide bonds. The lowest BCUT2D eigenvalue weighted by Gasteiger charge is -2.15. The van der Waals surface area contributed by atoms with E-state index in [2.05, 4.69) is 12.2 Å². The van der Waals surface area contributed by atoms with E-state index in [-0.39, 0.29) is 0 Å². The van der Waals surface area contributed by atoms with Gasteiger partial charge >= 0.3 is 0 Å². The van der Waals surface area contributed by atoms with Gasteiger partial charge in [0.15, 0.2) is 11.5 Å². The van der Waals surface area contributed by atoms with Crippen molar-refractivity contribution in [2.75, 3.05) is 14.2 Å². The largest absolute Gasteiger partial charge is 0.493 e. The van der Waals surface area contributed by atoms with Gasteiger partial charge in [-0.15, -0.1) is 0 Å². The van der Waals surface area contributed by atoms with Crippen LogP contribution in [0.5, 0.6) is 11.5 Å². The second-order valence-corrected chi connectivity index (χ2v) is 5.23. The van der Waals surface area contributed by atoms with E-state index < -0.39 is 0 Å². The monoisotopic (exact) mass is 269 g/mol. The van der Waals surface area contributed by atoms with Gasteiger partial charge in [0.25, 0.3) is 0 Å². The Hall–Kier alpha value is -0.930. The SMILES string of the molecule is COc1cc(CNC(C)C2CC2)cc(Cl)c1OC. The number of methoxy groups -OCH3 is 2. The van der Waals surface area contributed by atoms with E-state index >= 15 is 0 Å². The van der Waals surface area contributed by atoms with Gasteiger partial charge in [-0.2, -0.15) is 0 Å². The molecular weight excluding hydrogens is 250 g/mol. The van der Waals surface area contributed by atoms with Crippen LogP contribution >= 0.6 is 11.6 Å². The van der Waals surface area contributed by atoms with Crippen molar-refractivity contribution in [3.8, 4) is 11.5 Å². The minimum atomic E-state index is 0.567. The van der Waals surface area contributed by atoms with Crippen LogP contribution in [0.3, 0.4) is 0 Å². The number of ether oxygens (including phenoxy) is 2. The average Bonchev–Trinajstić information content (AvgIpc) is 3.19. The number of nitrogens with one attached hydrogen (secondary N) is 1. The summed E-state index contributed by atoms with van der Waals surface area (Å²) in [6, 6.07) is 4.46. The van der Waals surface area contributed by atoms with Gasteiger partial charge in [-0.05, 0) is 43.4 Å². The zero-order valence-electron chi connectivity index (χ0n) is 11.1. The lowest BCUT2D eigenvalue weighted by Crippen LogP contribution is -2.27. The lowest BCUT2D eigenvalue weighted by molar-refractivity contribution is 0.354. The molecule has 0 heterocycles. The third kappa shape index (κ3) is 3.09. The molecule has 0 aromatic heterocycles. The molecule has 0 bridgehead atoms. The highest BCUT2D eigenvalue weighted by Gasteiger charge is 2.27. The van der Waals surface area contributed by atoms with Gasteiger partial charge in [0.1, 0.15) is 0 Å². The molecule has 1 unspecified atom stereocenters. The minimum absolute atomic E-state index is 0.567. The molecule has 1 aliphatic carbocycles. The Morgan fingerprint density at radius 3 is 2.61 bits per heavy atom. The van der Waals surface area contributed by atoms with Crippen molar-refractivity contribution < 1.29 is 9.47 Å². The van der Waals surface area contributed by atoms with Gasteiger partial charge in [-0.3, -0.25) is 0 Å². The van der Waals surface area contributed by atoms with E-state index in [1.165, 1.54) is 12.8 Å². The number of hydrogen-bond donors (Lipinski definition) is 1. The smallest absolute Gasteiger partial charge is 0.179 e. The second kappa shape index (κ2) is 5.81. The van der Waals surface area contributed by atoms with Crippen LogP contribution in [0.4, 0.5) is 0 Å². The number of hydrogen-bond acceptors (Lipinski definition) is 3. The molecule has 0 saturated heterocycles. The van der Waals surface area contributed by atoms with Crippen LogP contribution < -0.4 is 14.8 Å². The Labute approximate surface area is 113 Å². The maximum atomic E-state index is 6.17. The third-order valence-corrected chi connectivity index (χ3v) is 3.73. The molecule has 100 valence electrons. The number of benzene rings is 1. The molecule has 1 fully saturated rings. The van der Waals surface area contributed by atoms with Gasteiger partial charge in [-0.25, -0.2) is 0 Å². The Kier molecular flexibility index (Phi) is 4.36. The minimum Gasteiger partial charge on any atom is -0.493 e. The summed E-state index contributed by atoms with van der Waals surface area (Å²) in [5.74, 6) is 2.12. The van der Waals surface area contributed by atoms with Crippen LogP contribution in [0, 0.1) is 5.92 Å². The fraction of sp³-hybridized carbons (Fsp3) is 0.571.